The summed E-state index contributed by atoms with van der Waals surface area (Å²) in [6, 6.07) is 0. The first-order chi connectivity index (χ1) is 0. The van der Waals surface area contributed by atoms with E-state index in [4.69, 9.17) is 0 Å². The van der Waals surface area contributed by atoms with Crippen LogP contribution < -0.4 is 0 Å². The SMILES string of the molecule is [Ge].[Mn+2].[O-2].[O-2]. The minimum Gasteiger partial charge on any atom is -2.00 e. The van der Waals surface area contributed by atoms with Crippen molar-refractivity contribution in [1.82, 2.24) is 0 Å². The van der Waals surface area contributed by atoms with Crippen LogP contribution in [0, 0.1) is 0 Å². The van der Waals surface area contributed by atoms with Gasteiger partial charge >= 0.3 is 17.1 Å². The standard InChI is InChI=1S/Ge.Mn.2O/q;+2;2*-2. The zero-order valence-corrected chi connectivity index (χ0v) is 4.97. The normalized spacial score (nSPS) is 0. The summed E-state index contributed by atoms with van der Waals surface area (Å²) < 4.78 is 0. The second kappa shape index (κ2) is 36.7. The summed E-state index contributed by atoms with van der Waals surface area (Å²) in [4.78, 5) is 0. The van der Waals surface area contributed by atoms with Gasteiger partial charge in [-0.3, -0.25) is 0 Å². The fourth-order valence-corrected chi connectivity index (χ4v) is 0. The van der Waals surface area contributed by atoms with Gasteiger partial charge in [0.25, 0.3) is 0 Å². The average Bonchev–Trinajstić information content (AvgIpc) is 0. The smallest absolute Gasteiger partial charge is 2.00 e. The maximum atomic E-state index is 0. The van der Waals surface area contributed by atoms with Crippen molar-refractivity contribution in [2.45, 2.75) is 0 Å². The molecular weight excluding hydrogens is 160 g/mol. The summed E-state index contributed by atoms with van der Waals surface area (Å²) in [5.41, 5.74) is 0. The molecule has 2 nitrogen and oxygen atoms in total. The molecule has 4 heteroatoms. The predicted octanol–water partition coefficient (Wildman–Crippen LogP) is -0.621. The van der Waals surface area contributed by atoms with Gasteiger partial charge in [0.05, 0.1) is 0 Å². The molecule has 0 aromatic heterocycles. The first-order valence-corrected chi connectivity index (χ1v) is 0. The molecule has 5 radical (unpaired) electrons. The molecule has 0 aliphatic carbocycles. The summed E-state index contributed by atoms with van der Waals surface area (Å²) in [6.07, 6.45) is 0. The van der Waals surface area contributed by atoms with Crippen LogP contribution in [0.25, 0.3) is 0 Å². The van der Waals surface area contributed by atoms with Crippen molar-refractivity contribution in [3.8, 4) is 0 Å². The summed E-state index contributed by atoms with van der Waals surface area (Å²) in [6.45, 7) is 0. The van der Waals surface area contributed by atoms with Crippen LogP contribution in [0.3, 0.4) is 0 Å². The van der Waals surface area contributed by atoms with E-state index >= 15 is 0 Å². The number of hydrogen-bond acceptors (Lipinski definition) is 0. The van der Waals surface area contributed by atoms with Crippen LogP contribution in [-0.4, -0.2) is 17.6 Å². The molecule has 0 aliphatic heterocycles. The van der Waals surface area contributed by atoms with Gasteiger partial charge in [0, 0.05) is 17.6 Å². The molecule has 0 saturated carbocycles. The molecule has 0 aromatic rings. The molecule has 4 heavy (non-hydrogen) atoms. The molecule has 25 valence electrons. The van der Waals surface area contributed by atoms with Gasteiger partial charge in [0.1, 0.15) is 0 Å². The van der Waals surface area contributed by atoms with E-state index < -0.39 is 0 Å². The van der Waals surface area contributed by atoms with Gasteiger partial charge < -0.3 is 11.0 Å². The summed E-state index contributed by atoms with van der Waals surface area (Å²) in [5.74, 6) is 0. The van der Waals surface area contributed by atoms with E-state index in [1.165, 1.54) is 0 Å². The minimum absolute atomic E-state index is 0. The molecule has 0 rings (SSSR count). The van der Waals surface area contributed by atoms with Crippen LogP contribution in [-0.2, 0) is 28.0 Å². The predicted molar refractivity (Wildman–Crippen MR) is 7.13 cm³/mol. The second-order valence-electron chi connectivity index (χ2n) is 0. The monoisotopic (exact) mass is 161 g/mol. The Balaban J connectivity index is 0. The van der Waals surface area contributed by atoms with E-state index in [1.54, 1.807) is 0 Å². The van der Waals surface area contributed by atoms with Crippen molar-refractivity contribution in [2.24, 2.45) is 0 Å². The van der Waals surface area contributed by atoms with Crippen molar-refractivity contribution in [3.63, 3.8) is 0 Å². The van der Waals surface area contributed by atoms with Gasteiger partial charge in [-0.05, 0) is 0 Å². The van der Waals surface area contributed by atoms with E-state index in [9.17, 15) is 0 Å². The Morgan fingerprint density at radius 3 is 0.750 bits per heavy atom. The zero-order valence-electron chi connectivity index (χ0n) is 1.69. The first kappa shape index (κ1) is 81.9. The molecular formula is GeMnO2-2. The van der Waals surface area contributed by atoms with Gasteiger partial charge in [0.15, 0.2) is 0 Å². The number of rotatable bonds is 0. The molecule has 0 aliphatic rings. The topological polar surface area (TPSA) is 57.0 Å². The molecule has 0 bridgehead atoms. The molecule has 0 unspecified atom stereocenters. The molecule has 0 spiro atoms. The van der Waals surface area contributed by atoms with Crippen molar-refractivity contribution in [2.75, 3.05) is 0 Å². The third-order valence-electron chi connectivity index (χ3n) is 0. The third kappa shape index (κ3) is 12.1. The van der Waals surface area contributed by atoms with Crippen LogP contribution in [0.15, 0.2) is 0 Å². The van der Waals surface area contributed by atoms with Crippen LogP contribution in [0.2, 0.25) is 0 Å². The molecule has 0 heterocycles. The Bertz CT molecular complexity index is 6.00. The Morgan fingerprint density at radius 1 is 0.750 bits per heavy atom. The molecule has 0 N–H and O–H groups in total. The van der Waals surface area contributed by atoms with E-state index in [0.717, 1.165) is 0 Å². The molecule has 0 aromatic carbocycles. The summed E-state index contributed by atoms with van der Waals surface area (Å²) >= 11 is 0. The third-order valence-corrected chi connectivity index (χ3v) is 0. The van der Waals surface area contributed by atoms with E-state index in [-0.39, 0.29) is 45.6 Å². The Hall–Kier alpha value is 0.982. The maximum Gasteiger partial charge on any atom is 2.00 e. The quantitative estimate of drug-likeness (QED) is 0.423. The van der Waals surface area contributed by atoms with E-state index in [2.05, 4.69) is 0 Å². The Morgan fingerprint density at radius 2 is 0.750 bits per heavy atom. The van der Waals surface area contributed by atoms with Crippen LogP contribution in [0.4, 0.5) is 0 Å². The fraction of sp³-hybridized carbons (Fsp3) is 0. The fourth-order valence-electron chi connectivity index (χ4n) is 0. The van der Waals surface area contributed by atoms with E-state index in [1.807, 2.05) is 0 Å². The zero-order chi connectivity index (χ0) is 0. The average molecular weight is 160 g/mol. The molecule has 0 amide bonds. The van der Waals surface area contributed by atoms with E-state index in [0.29, 0.717) is 0 Å². The van der Waals surface area contributed by atoms with Gasteiger partial charge in [0.2, 0.25) is 0 Å². The van der Waals surface area contributed by atoms with Gasteiger partial charge in [-0.15, -0.1) is 0 Å². The summed E-state index contributed by atoms with van der Waals surface area (Å²) in [7, 11) is 0. The minimum atomic E-state index is 0. The van der Waals surface area contributed by atoms with Crippen molar-refractivity contribution < 1.29 is 28.0 Å². The van der Waals surface area contributed by atoms with Gasteiger partial charge in [-0.25, -0.2) is 0 Å². The molecule has 0 saturated heterocycles. The molecule has 0 fully saturated rings. The van der Waals surface area contributed by atoms with Crippen LogP contribution in [0.1, 0.15) is 0 Å². The Labute approximate surface area is 46.0 Å². The van der Waals surface area contributed by atoms with Crippen LogP contribution in [0.5, 0.6) is 0 Å². The number of hydrogen-bond donors (Lipinski definition) is 0. The molecule has 0 atom stereocenters. The van der Waals surface area contributed by atoms with Crippen molar-refractivity contribution in [1.29, 1.82) is 0 Å². The summed E-state index contributed by atoms with van der Waals surface area (Å²) in [5, 5.41) is 0. The maximum absolute atomic E-state index is 0. The first-order valence-electron chi connectivity index (χ1n) is 0. The van der Waals surface area contributed by atoms with Gasteiger partial charge in [-0.1, -0.05) is 0 Å². The Kier molecular flexibility index (Phi) is 751. The van der Waals surface area contributed by atoms with Crippen molar-refractivity contribution in [3.05, 3.63) is 0 Å². The largest absolute Gasteiger partial charge is 2.00 e. The van der Waals surface area contributed by atoms with Crippen LogP contribution >= 0.6 is 0 Å². The van der Waals surface area contributed by atoms with Gasteiger partial charge in [-0.2, -0.15) is 0 Å². The van der Waals surface area contributed by atoms with Crippen molar-refractivity contribution >= 4 is 17.6 Å². The second-order valence-corrected chi connectivity index (χ2v) is 0.